The van der Waals surface area contributed by atoms with Crippen molar-refractivity contribution >= 4 is 46.3 Å². The average Bonchev–Trinajstić information content (AvgIpc) is 2.49. The lowest BCUT2D eigenvalue weighted by Gasteiger charge is -2.10. The summed E-state index contributed by atoms with van der Waals surface area (Å²) >= 11 is 12.0. The zero-order chi connectivity index (χ0) is 16.1. The SMILES string of the molecule is CC(=O)c1ccc(NCC(=O)Nc2c(Cl)cccc2Cl)cc1. The van der Waals surface area contributed by atoms with Crippen molar-refractivity contribution in [3.05, 3.63) is 58.1 Å². The van der Waals surface area contributed by atoms with Gasteiger partial charge in [0.25, 0.3) is 0 Å². The number of carbonyl (C=O) groups is 2. The molecule has 0 aromatic heterocycles. The van der Waals surface area contributed by atoms with Crippen molar-refractivity contribution in [3.8, 4) is 0 Å². The van der Waals surface area contributed by atoms with Crippen molar-refractivity contribution in [1.82, 2.24) is 0 Å². The van der Waals surface area contributed by atoms with Crippen molar-refractivity contribution in [1.29, 1.82) is 0 Å². The number of rotatable bonds is 5. The molecule has 0 fully saturated rings. The molecule has 0 radical (unpaired) electrons. The van der Waals surface area contributed by atoms with Crippen LogP contribution in [0.2, 0.25) is 10.0 Å². The standard InChI is InChI=1S/C16H14Cl2N2O2/c1-10(21)11-5-7-12(8-6-11)19-9-15(22)20-16-13(17)3-2-4-14(16)18/h2-8,19H,9H2,1H3,(H,20,22). The molecule has 0 saturated carbocycles. The Hall–Kier alpha value is -2.04. The molecule has 0 spiro atoms. The molecule has 114 valence electrons. The third kappa shape index (κ3) is 4.23. The van der Waals surface area contributed by atoms with E-state index in [1.807, 2.05) is 0 Å². The monoisotopic (exact) mass is 336 g/mol. The van der Waals surface area contributed by atoms with Crippen molar-refractivity contribution in [2.45, 2.75) is 6.92 Å². The molecule has 1 amide bonds. The fraction of sp³-hybridized carbons (Fsp3) is 0.125. The van der Waals surface area contributed by atoms with Gasteiger partial charge in [-0.15, -0.1) is 0 Å². The number of halogens is 2. The molecule has 0 aliphatic rings. The van der Waals surface area contributed by atoms with E-state index < -0.39 is 0 Å². The van der Waals surface area contributed by atoms with Crippen LogP contribution in [0.4, 0.5) is 11.4 Å². The molecule has 0 bridgehead atoms. The third-order valence-corrected chi connectivity index (χ3v) is 3.60. The van der Waals surface area contributed by atoms with Crippen LogP contribution in [0.5, 0.6) is 0 Å². The summed E-state index contributed by atoms with van der Waals surface area (Å²) in [5.41, 5.74) is 1.76. The normalized spacial score (nSPS) is 10.1. The molecular formula is C16H14Cl2N2O2. The van der Waals surface area contributed by atoms with Crippen LogP contribution < -0.4 is 10.6 Å². The number of anilines is 2. The molecule has 0 saturated heterocycles. The van der Waals surface area contributed by atoms with Crippen LogP contribution >= 0.6 is 23.2 Å². The predicted octanol–water partition coefficient (Wildman–Crippen LogP) is 4.25. The highest BCUT2D eigenvalue weighted by atomic mass is 35.5. The van der Waals surface area contributed by atoms with Gasteiger partial charge in [-0.05, 0) is 43.3 Å². The Morgan fingerprint density at radius 1 is 1.00 bits per heavy atom. The molecule has 2 aromatic rings. The molecule has 0 aliphatic carbocycles. The first-order valence-electron chi connectivity index (χ1n) is 6.56. The van der Waals surface area contributed by atoms with Crippen LogP contribution in [-0.4, -0.2) is 18.2 Å². The minimum Gasteiger partial charge on any atom is -0.376 e. The molecule has 4 nitrogen and oxygen atoms in total. The minimum absolute atomic E-state index is 0.00217. The molecule has 2 aromatic carbocycles. The van der Waals surface area contributed by atoms with E-state index in [2.05, 4.69) is 10.6 Å². The van der Waals surface area contributed by atoms with Gasteiger partial charge in [0.2, 0.25) is 5.91 Å². The molecule has 2 rings (SSSR count). The fourth-order valence-electron chi connectivity index (χ4n) is 1.81. The predicted molar refractivity (Wildman–Crippen MR) is 90.0 cm³/mol. The van der Waals surface area contributed by atoms with Gasteiger partial charge in [0, 0.05) is 11.3 Å². The first kappa shape index (κ1) is 16.3. The second kappa shape index (κ2) is 7.29. The molecule has 0 atom stereocenters. The Bertz CT molecular complexity index is 680. The average molecular weight is 337 g/mol. The van der Waals surface area contributed by atoms with E-state index in [9.17, 15) is 9.59 Å². The molecule has 2 N–H and O–H groups in total. The van der Waals surface area contributed by atoms with Crippen molar-refractivity contribution < 1.29 is 9.59 Å². The van der Waals surface area contributed by atoms with Gasteiger partial charge in [0.05, 0.1) is 22.3 Å². The number of ketones is 1. The first-order chi connectivity index (χ1) is 10.5. The number of nitrogens with one attached hydrogen (secondary N) is 2. The van der Waals surface area contributed by atoms with E-state index in [4.69, 9.17) is 23.2 Å². The van der Waals surface area contributed by atoms with E-state index in [1.165, 1.54) is 6.92 Å². The topological polar surface area (TPSA) is 58.2 Å². The van der Waals surface area contributed by atoms with E-state index >= 15 is 0 Å². The second-order valence-corrected chi connectivity index (χ2v) is 5.45. The van der Waals surface area contributed by atoms with E-state index in [0.29, 0.717) is 21.3 Å². The maximum absolute atomic E-state index is 11.9. The van der Waals surface area contributed by atoms with Gasteiger partial charge in [0.1, 0.15) is 0 Å². The number of hydrogen-bond donors (Lipinski definition) is 2. The largest absolute Gasteiger partial charge is 0.376 e. The van der Waals surface area contributed by atoms with Gasteiger partial charge in [0.15, 0.2) is 5.78 Å². The van der Waals surface area contributed by atoms with E-state index in [1.54, 1.807) is 42.5 Å². The number of benzene rings is 2. The Balaban J connectivity index is 1.94. The number of para-hydroxylation sites is 1. The number of hydrogen-bond acceptors (Lipinski definition) is 3. The second-order valence-electron chi connectivity index (χ2n) is 4.63. The Morgan fingerprint density at radius 3 is 2.14 bits per heavy atom. The van der Waals surface area contributed by atoms with Gasteiger partial charge in [-0.1, -0.05) is 29.3 Å². The summed E-state index contributed by atoms with van der Waals surface area (Å²) in [6.45, 7) is 1.56. The lowest BCUT2D eigenvalue weighted by atomic mass is 10.1. The highest BCUT2D eigenvalue weighted by Crippen LogP contribution is 2.29. The van der Waals surface area contributed by atoms with E-state index in [0.717, 1.165) is 5.69 Å². The van der Waals surface area contributed by atoms with Gasteiger partial charge in [-0.3, -0.25) is 9.59 Å². The summed E-state index contributed by atoms with van der Waals surface area (Å²) < 4.78 is 0. The summed E-state index contributed by atoms with van der Waals surface area (Å²) in [4.78, 5) is 23.1. The van der Waals surface area contributed by atoms with Crippen molar-refractivity contribution in [3.63, 3.8) is 0 Å². The molecular weight excluding hydrogens is 323 g/mol. The van der Waals surface area contributed by atoms with Gasteiger partial charge >= 0.3 is 0 Å². The van der Waals surface area contributed by atoms with Gasteiger partial charge in [-0.25, -0.2) is 0 Å². The molecule has 0 unspecified atom stereocenters. The lowest BCUT2D eigenvalue weighted by Crippen LogP contribution is -2.22. The van der Waals surface area contributed by atoms with Crippen LogP contribution in [0.1, 0.15) is 17.3 Å². The quantitative estimate of drug-likeness (QED) is 0.802. The van der Waals surface area contributed by atoms with E-state index in [-0.39, 0.29) is 18.2 Å². The van der Waals surface area contributed by atoms with Crippen LogP contribution in [0.3, 0.4) is 0 Å². The molecule has 6 heteroatoms. The first-order valence-corrected chi connectivity index (χ1v) is 7.31. The third-order valence-electron chi connectivity index (χ3n) is 2.97. The van der Waals surface area contributed by atoms with Crippen LogP contribution in [0.15, 0.2) is 42.5 Å². The Labute approximate surface area is 138 Å². The van der Waals surface area contributed by atoms with Crippen LogP contribution in [0.25, 0.3) is 0 Å². The number of carbonyl (C=O) groups excluding carboxylic acids is 2. The highest BCUT2D eigenvalue weighted by molar-refractivity contribution is 6.39. The maximum Gasteiger partial charge on any atom is 0.243 e. The zero-order valence-corrected chi connectivity index (χ0v) is 13.3. The zero-order valence-electron chi connectivity index (χ0n) is 11.8. The minimum atomic E-state index is -0.273. The van der Waals surface area contributed by atoms with Crippen molar-refractivity contribution in [2.24, 2.45) is 0 Å². The molecule has 22 heavy (non-hydrogen) atoms. The smallest absolute Gasteiger partial charge is 0.243 e. The lowest BCUT2D eigenvalue weighted by molar-refractivity contribution is -0.114. The van der Waals surface area contributed by atoms with Crippen LogP contribution in [0, 0.1) is 0 Å². The fourth-order valence-corrected chi connectivity index (χ4v) is 2.30. The highest BCUT2D eigenvalue weighted by Gasteiger charge is 2.09. The maximum atomic E-state index is 11.9. The van der Waals surface area contributed by atoms with Gasteiger partial charge in [-0.2, -0.15) is 0 Å². The Morgan fingerprint density at radius 2 is 1.59 bits per heavy atom. The Kier molecular flexibility index (Phi) is 5.41. The number of Topliss-reactive ketones (excluding diaryl/α,β-unsaturated/α-hetero) is 1. The summed E-state index contributed by atoms with van der Waals surface area (Å²) in [6, 6.07) is 11.9. The molecule has 0 aliphatic heterocycles. The summed E-state index contributed by atoms with van der Waals surface area (Å²) in [5, 5.41) is 6.38. The van der Waals surface area contributed by atoms with Crippen molar-refractivity contribution in [2.75, 3.05) is 17.2 Å². The van der Waals surface area contributed by atoms with Crippen LogP contribution in [-0.2, 0) is 4.79 Å². The summed E-state index contributed by atoms with van der Waals surface area (Å²) in [7, 11) is 0. The molecule has 0 heterocycles. The van der Waals surface area contributed by atoms with Gasteiger partial charge < -0.3 is 10.6 Å². The number of amides is 1. The summed E-state index contributed by atoms with van der Waals surface area (Å²) in [5.74, 6) is -0.275. The summed E-state index contributed by atoms with van der Waals surface area (Å²) in [6.07, 6.45) is 0.